The van der Waals surface area contributed by atoms with Crippen molar-refractivity contribution in [1.29, 1.82) is 0 Å². The smallest absolute Gasteiger partial charge is 0.414 e. The van der Waals surface area contributed by atoms with Crippen molar-refractivity contribution in [3.8, 4) is 11.1 Å². The van der Waals surface area contributed by atoms with Crippen molar-refractivity contribution in [3.05, 3.63) is 95.1 Å². The van der Waals surface area contributed by atoms with Gasteiger partial charge in [0.15, 0.2) is 0 Å². The summed E-state index contributed by atoms with van der Waals surface area (Å²) in [4.78, 5) is 20.4. The number of hydrogen-bond acceptors (Lipinski definition) is 4. The molecule has 8 heteroatoms. The molecule has 6 nitrogen and oxygen atoms in total. The van der Waals surface area contributed by atoms with Crippen LogP contribution >= 0.6 is 0 Å². The zero-order chi connectivity index (χ0) is 25.6. The number of carboxylic acids is 2. The molecule has 0 fully saturated rings. The van der Waals surface area contributed by atoms with Crippen molar-refractivity contribution in [2.45, 2.75) is 25.0 Å². The molecule has 0 spiro atoms. The second kappa shape index (κ2) is 11.2. The number of carboxylic acid groups (broad SMARTS) is 2. The topological polar surface area (TPSA) is 87.1 Å². The summed E-state index contributed by atoms with van der Waals surface area (Å²) in [5, 5.41) is 14.8. The van der Waals surface area contributed by atoms with Crippen molar-refractivity contribution in [3.63, 3.8) is 0 Å². The van der Waals surface area contributed by atoms with Gasteiger partial charge in [0.25, 0.3) is 0 Å². The van der Waals surface area contributed by atoms with E-state index < -0.39 is 17.5 Å². The predicted octanol–water partition coefficient (Wildman–Crippen LogP) is 4.90. The normalized spacial score (nSPS) is 16.4. The van der Waals surface area contributed by atoms with Crippen LogP contribution in [0.5, 0.6) is 0 Å². The van der Waals surface area contributed by atoms with Gasteiger partial charge in [0.05, 0.1) is 6.61 Å². The number of fused-ring (bicyclic) bond motifs is 1. The molecule has 4 rings (SSSR count). The van der Waals surface area contributed by atoms with E-state index in [1.54, 1.807) is 12.1 Å². The lowest BCUT2D eigenvalue weighted by Gasteiger charge is -2.31. The van der Waals surface area contributed by atoms with Gasteiger partial charge >= 0.3 is 11.9 Å². The molecule has 1 aliphatic heterocycles. The van der Waals surface area contributed by atoms with Gasteiger partial charge in [-0.3, -0.25) is 0 Å². The molecule has 1 aliphatic rings. The summed E-state index contributed by atoms with van der Waals surface area (Å²) in [7, 11) is 4.11. The van der Waals surface area contributed by atoms with Gasteiger partial charge in [0.2, 0.25) is 0 Å². The molecular formula is C27H27F2NO5. The molecule has 1 unspecified atom stereocenters. The first-order chi connectivity index (χ1) is 16.6. The Labute approximate surface area is 202 Å². The third kappa shape index (κ3) is 6.29. The fourth-order valence-corrected chi connectivity index (χ4v) is 4.19. The van der Waals surface area contributed by atoms with Crippen LogP contribution in [0.1, 0.15) is 29.5 Å². The molecule has 0 aromatic heterocycles. The summed E-state index contributed by atoms with van der Waals surface area (Å²) in [5.41, 5.74) is 4.41. The molecule has 0 saturated carbocycles. The predicted molar refractivity (Wildman–Crippen MR) is 127 cm³/mol. The molecule has 0 saturated heterocycles. The Morgan fingerprint density at radius 2 is 1.57 bits per heavy atom. The minimum atomic E-state index is -1.82. The van der Waals surface area contributed by atoms with Crippen LogP contribution in [0.4, 0.5) is 8.78 Å². The largest absolute Gasteiger partial charge is 0.473 e. The number of nitrogens with zero attached hydrogens (tertiary/aromatic N) is 1. The van der Waals surface area contributed by atoms with Gasteiger partial charge in [-0.15, -0.1) is 0 Å². The van der Waals surface area contributed by atoms with E-state index in [1.165, 1.54) is 18.2 Å². The molecule has 0 aliphatic carbocycles. The van der Waals surface area contributed by atoms with Crippen LogP contribution < -0.4 is 0 Å². The Hall–Kier alpha value is -3.62. The third-order valence-corrected chi connectivity index (χ3v) is 5.80. The van der Waals surface area contributed by atoms with Crippen molar-refractivity contribution < 1.29 is 33.3 Å². The van der Waals surface area contributed by atoms with Crippen LogP contribution in [0.15, 0.2) is 66.7 Å². The number of carbonyl (C=O) groups is 2. The van der Waals surface area contributed by atoms with E-state index in [9.17, 15) is 8.78 Å². The summed E-state index contributed by atoms with van der Waals surface area (Å²) in [6.45, 7) is 1.43. The highest BCUT2D eigenvalue weighted by Gasteiger charge is 2.41. The Balaban J connectivity index is 0.000000509. The number of rotatable bonds is 6. The quantitative estimate of drug-likeness (QED) is 0.485. The van der Waals surface area contributed by atoms with Gasteiger partial charge in [0.1, 0.15) is 17.2 Å². The lowest BCUT2D eigenvalue weighted by atomic mass is 9.81. The van der Waals surface area contributed by atoms with E-state index in [2.05, 4.69) is 31.1 Å². The molecule has 0 amide bonds. The van der Waals surface area contributed by atoms with Gasteiger partial charge in [-0.25, -0.2) is 18.4 Å². The monoisotopic (exact) mass is 483 g/mol. The fraction of sp³-hybridized carbons (Fsp3) is 0.259. The minimum absolute atomic E-state index is 0.247. The number of halogens is 2. The summed E-state index contributed by atoms with van der Waals surface area (Å²) in [6, 6.07) is 19.4. The van der Waals surface area contributed by atoms with Crippen molar-refractivity contribution in [2.75, 3.05) is 20.6 Å². The Morgan fingerprint density at radius 1 is 0.914 bits per heavy atom. The second-order valence-electron chi connectivity index (χ2n) is 8.52. The van der Waals surface area contributed by atoms with Crippen molar-refractivity contribution in [1.82, 2.24) is 4.90 Å². The van der Waals surface area contributed by atoms with E-state index in [0.717, 1.165) is 47.2 Å². The highest BCUT2D eigenvalue weighted by Crippen LogP contribution is 2.46. The van der Waals surface area contributed by atoms with E-state index in [-0.39, 0.29) is 11.6 Å². The van der Waals surface area contributed by atoms with Crippen molar-refractivity contribution >= 4 is 11.9 Å². The first-order valence-electron chi connectivity index (χ1n) is 11.0. The lowest BCUT2D eigenvalue weighted by molar-refractivity contribution is -0.159. The zero-order valence-corrected chi connectivity index (χ0v) is 19.5. The summed E-state index contributed by atoms with van der Waals surface area (Å²) in [6.07, 6.45) is 1.76. The average molecular weight is 484 g/mol. The standard InChI is InChI=1S/C25H25F2NO.C2H2O4/c1-28(2)14-4-13-25(21-8-10-22(26)11-9-21)24-12-7-19(15-20(24)17-29-25)18-5-3-6-23(27)16-18;3-1(4)2(5)6/h3,5-12,15-16H,4,13-14,17H2,1-2H3;(H,3,4)(H,5,6). The minimum Gasteiger partial charge on any atom is -0.473 e. The average Bonchev–Trinajstić information content (AvgIpc) is 3.18. The highest BCUT2D eigenvalue weighted by atomic mass is 19.1. The summed E-state index contributed by atoms with van der Waals surface area (Å²) in [5.74, 6) is -4.15. The molecular weight excluding hydrogens is 456 g/mol. The fourth-order valence-electron chi connectivity index (χ4n) is 4.19. The summed E-state index contributed by atoms with van der Waals surface area (Å²) >= 11 is 0. The van der Waals surface area contributed by atoms with E-state index in [4.69, 9.17) is 24.5 Å². The van der Waals surface area contributed by atoms with Gasteiger partial charge < -0.3 is 19.8 Å². The van der Waals surface area contributed by atoms with Crippen LogP contribution in [0, 0.1) is 11.6 Å². The SMILES string of the molecule is CN(C)CCCC1(c2ccc(F)cc2)OCc2cc(-c3cccc(F)c3)ccc21.O=C(O)C(=O)O. The molecule has 0 bridgehead atoms. The molecule has 0 radical (unpaired) electrons. The van der Waals surface area contributed by atoms with Gasteiger partial charge in [-0.05, 0) is 91.6 Å². The first-order valence-corrected chi connectivity index (χ1v) is 11.0. The first kappa shape index (κ1) is 26.0. The second-order valence-corrected chi connectivity index (χ2v) is 8.52. The van der Waals surface area contributed by atoms with Gasteiger partial charge in [-0.1, -0.05) is 36.4 Å². The summed E-state index contributed by atoms with van der Waals surface area (Å²) < 4.78 is 33.6. The van der Waals surface area contributed by atoms with Crippen LogP contribution in [-0.4, -0.2) is 47.7 Å². The maximum atomic E-state index is 13.6. The van der Waals surface area contributed by atoms with Crippen LogP contribution in [0.25, 0.3) is 11.1 Å². The number of aliphatic carboxylic acids is 2. The highest BCUT2D eigenvalue weighted by molar-refractivity contribution is 6.27. The van der Waals surface area contributed by atoms with E-state index in [0.29, 0.717) is 6.61 Å². The van der Waals surface area contributed by atoms with Crippen LogP contribution in [0.3, 0.4) is 0 Å². The zero-order valence-electron chi connectivity index (χ0n) is 19.5. The third-order valence-electron chi connectivity index (χ3n) is 5.80. The Morgan fingerprint density at radius 3 is 2.17 bits per heavy atom. The van der Waals surface area contributed by atoms with Gasteiger partial charge in [-0.2, -0.15) is 0 Å². The number of hydrogen-bond donors (Lipinski definition) is 2. The van der Waals surface area contributed by atoms with Crippen LogP contribution in [-0.2, 0) is 26.5 Å². The maximum absolute atomic E-state index is 13.6. The number of benzene rings is 3. The van der Waals surface area contributed by atoms with Crippen molar-refractivity contribution in [2.24, 2.45) is 0 Å². The van der Waals surface area contributed by atoms with Gasteiger partial charge in [0, 0.05) is 0 Å². The maximum Gasteiger partial charge on any atom is 0.414 e. The Bertz CT molecular complexity index is 1180. The Kier molecular flexibility index (Phi) is 8.32. The number of ether oxygens (including phenoxy) is 1. The van der Waals surface area contributed by atoms with E-state index >= 15 is 0 Å². The lowest BCUT2D eigenvalue weighted by Crippen LogP contribution is -2.28. The molecule has 184 valence electrons. The van der Waals surface area contributed by atoms with Crippen LogP contribution in [0.2, 0.25) is 0 Å². The molecule has 35 heavy (non-hydrogen) atoms. The molecule has 3 aromatic carbocycles. The van der Waals surface area contributed by atoms with E-state index in [1.807, 2.05) is 24.3 Å². The molecule has 3 aromatic rings. The molecule has 1 atom stereocenters. The molecule has 1 heterocycles. The molecule has 2 N–H and O–H groups in total.